The number of rotatable bonds is 1. The molecule has 0 N–H and O–H groups in total. The van der Waals surface area contributed by atoms with Crippen LogP contribution in [0.15, 0.2) is 42.5 Å². The summed E-state index contributed by atoms with van der Waals surface area (Å²) in [6, 6.07) is 13.6. The van der Waals surface area contributed by atoms with Gasteiger partial charge in [0.05, 0.1) is 0 Å². The van der Waals surface area contributed by atoms with Gasteiger partial charge in [0.2, 0.25) is 0 Å². The number of allylic oxidation sites excluding steroid dienone is 1. The number of fused-ring (bicyclic) bond motifs is 1. The average molecular weight is 248 g/mol. The molecule has 0 heteroatoms. The van der Waals surface area contributed by atoms with E-state index < -0.39 is 0 Å². The van der Waals surface area contributed by atoms with Crippen molar-refractivity contribution < 1.29 is 0 Å². The third-order valence-electron chi connectivity index (χ3n) is 4.11. The van der Waals surface area contributed by atoms with Crippen LogP contribution in [0.1, 0.15) is 41.5 Å². The zero-order valence-electron chi connectivity index (χ0n) is 11.9. The van der Waals surface area contributed by atoms with Crippen LogP contribution in [0.5, 0.6) is 0 Å². The molecule has 0 heterocycles. The second kappa shape index (κ2) is 4.70. The minimum atomic E-state index is 0.646. The van der Waals surface area contributed by atoms with E-state index in [9.17, 15) is 0 Å². The van der Waals surface area contributed by atoms with Gasteiger partial charge in [-0.15, -0.1) is 0 Å². The molecular formula is C19H20. The molecule has 3 rings (SSSR count). The standard InChI is InChI=1S/C19H20/c1-13-7-8-15(3)19(11-13)17-9-10-18-14(2)5-4-6-16(18)12-17/h4,6-12,14H,5H2,1-3H3. The molecule has 1 aliphatic carbocycles. The Labute approximate surface area is 115 Å². The lowest BCUT2D eigenvalue weighted by molar-refractivity contribution is 0.772. The second-order valence-electron chi connectivity index (χ2n) is 5.70. The van der Waals surface area contributed by atoms with Crippen LogP contribution >= 0.6 is 0 Å². The van der Waals surface area contributed by atoms with Crippen molar-refractivity contribution in [2.45, 2.75) is 33.1 Å². The van der Waals surface area contributed by atoms with Crippen LogP contribution in [-0.2, 0) is 0 Å². The van der Waals surface area contributed by atoms with Crippen LogP contribution in [0.25, 0.3) is 17.2 Å². The third-order valence-corrected chi connectivity index (χ3v) is 4.11. The molecule has 0 saturated heterocycles. The molecule has 19 heavy (non-hydrogen) atoms. The Morgan fingerprint density at radius 3 is 2.68 bits per heavy atom. The fourth-order valence-corrected chi connectivity index (χ4v) is 2.91. The molecule has 0 nitrogen and oxygen atoms in total. The van der Waals surface area contributed by atoms with Gasteiger partial charge in [0, 0.05) is 0 Å². The van der Waals surface area contributed by atoms with E-state index in [0.29, 0.717) is 5.92 Å². The van der Waals surface area contributed by atoms with Crippen LogP contribution < -0.4 is 0 Å². The van der Waals surface area contributed by atoms with Gasteiger partial charge in [0.25, 0.3) is 0 Å². The van der Waals surface area contributed by atoms with E-state index in [2.05, 4.69) is 69.3 Å². The SMILES string of the molecule is Cc1ccc(C)c(-c2ccc3c(c2)C=CCC3C)c1. The van der Waals surface area contributed by atoms with Crippen molar-refractivity contribution >= 4 is 6.08 Å². The zero-order valence-corrected chi connectivity index (χ0v) is 11.9. The molecule has 96 valence electrons. The topological polar surface area (TPSA) is 0 Å². The van der Waals surface area contributed by atoms with E-state index in [0.717, 1.165) is 6.42 Å². The van der Waals surface area contributed by atoms with Gasteiger partial charge in [-0.2, -0.15) is 0 Å². The van der Waals surface area contributed by atoms with E-state index in [1.54, 1.807) is 0 Å². The molecule has 1 unspecified atom stereocenters. The van der Waals surface area contributed by atoms with Gasteiger partial charge in [0.1, 0.15) is 0 Å². The van der Waals surface area contributed by atoms with Crippen molar-refractivity contribution in [1.29, 1.82) is 0 Å². The highest BCUT2D eigenvalue weighted by molar-refractivity contribution is 5.72. The summed E-state index contributed by atoms with van der Waals surface area (Å²) in [6.07, 6.45) is 5.72. The average Bonchev–Trinajstić information content (AvgIpc) is 2.41. The van der Waals surface area contributed by atoms with Crippen LogP contribution in [0.2, 0.25) is 0 Å². The lowest BCUT2D eigenvalue weighted by Crippen LogP contribution is -2.00. The first-order valence-corrected chi connectivity index (χ1v) is 7.03. The van der Waals surface area contributed by atoms with Crippen molar-refractivity contribution in [1.82, 2.24) is 0 Å². The van der Waals surface area contributed by atoms with Crippen LogP contribution in [0, 0.1) is 13.8 Å². The zero-order chi connectivity index (χ0) is 13.4. The van der Waals surface area contributed by atoms with Crippen molar-refractivity contribution in [3.63, 3.8) is 0 Å². The van der Waals surface area contributed by atoms with Gasteiger partial charge >= 0.3 is 0 Å². The van der Waals surface area contributed by atoms with E-state index >= 15 is 0 Å². The van der Waals surface area contributed by atoms with Crippen LogP contribution in [-0.4, -0.2) is 0 Å². The van der Waals surface area contributed by atoms with Gasteiger partial charge < -0.3 is 0 Å². The first-order chi connectivity index (χ1) is 9.15. The number of hydrogen-bond donors (Lipinski definition) is 0. The summed E-state index contributed by atoms with van der Waals surface area (Å²) in [5.41, 5.74) is 8.22. The molecule has 1 atom stereocenters. The summed E-state index contributed by atoms with van der Waals surface area (Å²) >= 11 is 0. The molecule has 0 bridgehead atoms. The Morgan fingerprint density at radius 1 is 1.00 bits per heavy atom. The summed E-state index contributed by atoms with van der Waals surface area (Å²) in [5.74, 6) is 0.646. The van der Waals surface area contributed by atoms with Crippen LogP contribution in [0.4, 0.5) is 0 Å². The predicted octanol–water partition coefficient (Wildman–Crippen LogP) is 5.49. The molecule has 0 fully saturated rings. The molecule has 0 aliphatic heterocycles. The highest BCUT2D eigenvalue weighted by atomic mass is 14.2. The maximum Gasteiger partial charge on any atom is -0.0150 e. The molecule has 1 aliphatic rings. The lowest BCUT2D eigenvalue weighted by atomic mass is 9.86. The number of hydrogen-bond acceptors (Lipinski definition) is 0. The monoisotopic (exact) mass is 248 g/mol. The highest BCUT2D eigenvalue weighted by Gasteiger charge is 2.13. The largest absolute Gasteiger partial charge is 0.0833 e. The summed E-state index contributed by atoms with van der Waals surface area (Å²) in [7, 11) is 0. The third kappa shape index (κ3) is 2.23. The molecule has 0 saturated carbocycles. The van der Waals surface area contributed by atoms with E-state index in [1.165, 1.54) is 33.4 Å². The molecular weight excluding hydrogens is 228 g/mol. The summed E-state index contributed by atoms with van der Waals surface area (Å²) in [5, 5.41) is 0. The Balaban J connectivity index is 2.13. The quantitative estimate of drug-likeness (QED) is 0.626. The molecule has 0 aromatic heterocycles. The van der Waals surface area contributed by atoms with E-state index in [1.807, 2.05) is 0 Å². The maximum atomic E-state index is 2.34. The Kier molecular flexibility index (Phi) is 3.02. The smallest absolute Gasteiger partial charge is 0.0150 e. The first kappa shape index (κ1) is 12.2. The molecule has 2 aromatic rings. The van der Waals surface area contributed by atoms with Gasteiger partial charge in [-0.1, -0.05) is 55.0 Å². The Morgan fingerprint density at radius 2 is 1.84 bits per heavy atom. The highest BCUT2D eigenvalue weighted by Crippen LogP contribution is 2.33. The first-order valence-electron chi connectivity index (χ1n) is 7.03. The van der Waals surface area contributed by atoms with Crippen molar-refractivity contribution in [3.8, 4) is 11.1 Å². The molecule has 0 amide bonds. The maximum absolute atomic E-state index is 2.34. The molecule has 0 radical (unpaired) electrons. The summed E-state index contributed by atoms with van der Waals surface area (Å²) < 4.78 is 0. The van der Waals surface area contributed by atoms with Gasteiger partial charge in [-0.3, -0.25) is 0 Å². The molecule has 2 aromatic carbocycles. The molecule has 0 spiro atoms. The fraction of sp³-hybridized carbons (Fsp3) is 0.263. The Hall–Kier alpha value is -1.82. The summed E-state index contributed by atoms with van der Waals surface area (Å²) in [6.45, 7) is 6.65. The van der Waals surface area contributed by atoms with E-state index in [-0.39, 0.29) is 0 Å². The number of benzene rings is 2. The number of aryl methyl sites for hydroxylation is 2. The fourth-order valence-electron chi connectivity index (χ4n) is 2.91. The Bertz CT molecular complexity index is 647. The van der Waals surface area contributed by atoms with Crippen molar-refractivity contribution in [3.05, 3.63) is 64.7 Å². The summed E-state index contributed by atoms with van der Waals surface area (Å²) in [4.78, 5) is 0. The van der Waals surface area contributed by atoms with Crippen LogP contribution in [0.3, 0.4) is 0 Å². The van der Waals surface area contributed by atoms with Gasteiger partial charge in [0.15, 0.2) is 0 Å². The van der Waals surface area contributed by atoms with Crippen molar-refractivity contribution in [2.24, 2.45) is 0 Å². The van der Waals surface area contributed by atoms with Crippen molar-refractivity contribution in [2.75, 3.05) is 0 Å². The van der Waals surface area contributed by atoms with Gasteiger partial charge in [-0.25, -0.2) is 0 Å². The van der Waals surface area contributed by atoms with E-state index in [4.69, 9.17) is 0 Å². The second-order valence-corrected chi connectivity index (χ2v) is 5.70. The minimum absolute atomic E-state index is 0.646. The lowest BCUT2D eigenvalue weighted by Gasteiger charge is -2.19. The van der Waals surface area contributed by atoms with Gasteiger partial charge in [-0.05, 0) is 60.1 Å². The predicted molar refractivity (Wildman–Crippen MR) is 83.4 cm³/mol. The minimum Gasteiger partial charge on any atom is -0.0833 e. The normalized spacial score (nSPS) is 17.3.